The van der Waals surface area contributed by atoms with Gasteiger partial charge in [-0.25, -0.2) is 8.42 Å². The van der Waals surface area contributed by atoms with Gasteiger partial charge in [0.15, 0.2) is 9.84 Å². The lowest BCUT2D eigenvalue weighted by molar-refractivity contribution is -0.116. The highest BCUT2D eigenvalue weighted by atomic mass is 32.2. The molecule has 2 aromatic rings. The predicted octanol–water partition coefficient (Wildman–Crippen LogP) is 3.24. The average molecular weight is 327 g/mol. The maximum Gasteiger partial charge on any atom is 0.224 e. The van der Waals surface area contributed by atoms with Crippen LogP contribution in [0.25, 0.3) is 11.1 Å². The van der Waals surface area contributed by atoms with Gasteiger partial charge in [-0.15, -0.1) is 0 Å². The smallest absolute Gasteiger partial charge is 0.224 e. The summed E-state index contributed by atoms with van der Waals surface area (Å²) in [6.07, 6.45) is 1.77. The summed E-state index contributed by atoms with van der Waals surface area (Å²) >= 11 is 0. The van der Waals surface area contributed by atoms with Crippen LogP contribution in [0.1, 0.15) is 6.42 Å². The Labute approximate surface area is 135 Å². The molecule has 0 unspecified atom stereocenters. The van der Waals surface area contributed by atoms with Crippen LogP contribution in [0.4, 0.5) is 5.69 Å². The number of hydrogen-bond acceptors (Lipinski definition) is 3. The summed E-state index contributed by atoms with van der Waals surface area (Å²) in [7, 11) is -3.11. The zero-order valence-corrected chi connectivity index (χ0v) is 13.3. The first-order valence-electron chi connectivity index (χ1n) is 7.38. The van der Waals surface area contributed by atoms with Crippen molar-refractivity contribution in [2.45, 2.75) is 6.42 Å². The van der Waals surface area contributed by atoms with Crippen molar-refractivity contribution in [3.05, 3.63) is 66.1 Å². The minimum atomic E-state index is -3.11. The van der Waals surface area contributed by atoms with Gasteiger partial charge in [0.05, 0.1) is 5.75 Å². The van der Waals surface area contributed by atoms with Crippen LogP contribution in [-0.4, -0.2) is 20.1 Å². The second kappa shape index (κ2) is 6.38. The molecule has 1 heterocycles. The van der Waals surface area contributed by atoms with Gasteiger partial charge in [0.1, 0.15) is 0 Å². The zero-order chi connectivity index (χ0) is 16.3. The molecule has 2 aromatic carbocycles. The Kier molecular flexibility index (Phi) is 4.30. The van der Waals surface area contributed by atoms with Crippen LogP contribution in [0.5, 0.6) is 0 Å². The van der Waals surface area contributed by atoms with Gasteiger partial charge in [0, 0.05) is 23.4 Å². The molecule has 1 amide bonds. The SMILES string of the molecule is O=C(C[C@@H]1C=CS(=O)(=O)C1)Nc1ccc(-c2ccccc2)cc1. The topological polar surface area (TPSA) is 63.2 Å². The third-order valence-corrected chi connectivity index (χ3v) is 5.19. The van der Waals surface area contributed by atoms with Crippen molar-refractivity contribution in [1.29, 1.82) is 0 Å². The zero-order valence-electron chi connectivity index (χ0n) is 12.5. The van der Waals surface area contributed by atoms with E-state index in [-0.39, 0.29) is 24.0 Å². The fraction of sp³-hybridized carbons (Fsp3) is 0.167. The molecule has 0 saturated heterocycles. The number of carbonyl (C=O) groups excluding carboxylic acids is 1. The molecule has 0 aliphatic carbocycles. The molecule has 0 radical (unpaired) electrons. The molecule has 1 aliphatic rings. The number of allylic oxidation sites excluding steroid dienone is 1. The van der Waals surface area contributed by atoms with Crippen molar-refractivity contribution in [1.82, 2.24) is 0 Å². The summed E-state index contributed by atoms with van der Waals surface area (Å²) in [5.41, 5.74) is 2.90. The van der Waals surface area contributed by atoms with E-state index in [4.69, 9.17) is 0 Å². The molecular formula is C18H17NO3S. The molecule has 4 nitrogen and oxygen atoms in total. The van der Waals surface area contributed by atoms with Gasteiger partial charge in [0.2, 0.25) is 5.91 Å². The Bertz CT molecular complexity index is 824. The molecule has 0 spiro atoms. The third-order valence-electron chi connectivity index (χ3n) is 3.73. The first-order valence-corrected chi connectivity index (χ1v) is 9.10. The normalized spacial score (nSPS) is 18.7. The first kappa shape index (κ1) is 15.5. The van der Waals surface area contributed by atoms with Crippen molar-refractivity contribution >= 4 is 21.4 Å². The Morgan fingerprint density at radius 3 is 2.26 bits per heavy atom. The van der Waals surface area contributed by atoms with E-state index in [2.05, 4.69) is 5.32 Å². The highest BCUT2D eigenvalue weighted by molar-refractivity contribution is 7.94. The summed E-state index contributed by atoms with van der Waals surface area (Å²) in [6.45, 7) is 0. The van der Waals surface area contributed by atoms with Crippen LogP contribution >= 0.6 is 0 Å². The van der Waals surface area contributed by atoms with Crippen molar-refractivity contribution in [2.75, 3.05) is 11.1 Å². The molecule has 1 aliphatic heterocycles. The van der Waals surface area contributed by atoms with E-state index >= 15 is 0 Å². The number of sulfone groups is 1. The molecule has 0 aromatic heterocycles. The highest BCUT2D eigenvalue weighted by Gasteiger charge is 2.23. The lowest BCUT2D eigenvalue weighted by atomic mass is 10.1. The number of rotatable bonds is 4. The first-order chi connectivity index (χ1) is 11.0. The molecule has 1 atom stereocenters. The van der Waals surface area contributed by atoms with Crippen molar-refractivity contribution in [3.63, 3.8) is 0 Å². The van der Waals surface area contributed by atoms with Crippen LogP contribution in [0.3, 0.4) is 0 Å². The number of benzene rings is 2. The lowest BCUT2D eigenvalue weighted by Crippen LogP contribution is -2.17. The van der Waals surface area contributed by atoms with Gasteiger partial charge in [-0.05, 0) is 23.3 Å². The summed E-state index contributed by atoms with van der Waals surface area (Å²) in [4.78, 5) is 12.0. The lowest BCUT2D eigenvalue weighted by Gasteiger charge is -2.09. The molecular weight excluding hydrogens is 310 g/mol. The largest absolute Gasteiger partial charge is 0.326 e. The van der Waals surface area contributed by atoms with Crippen molar-refractivity contribution in [3.8, 4) is 11.1 Å². The number of carbonyl (C=O) groups is 1. The summed E-state index contributed by atoms with van der Waals surface area (Å²) < 4.78 is 22.7. The number of anilines is 1. The second-order valence-electron chi connectivity index (χ2n) is 5.61. The maximum atomic E-state index is 12.0. The number of amides is 1. The van der Waals surface area contributed by atoms with Crippen LogP contribution in [0.2, 0.25) is 0 Å². The van der Waals surface area contributed by atoms with Crippen LogP contribution < -0.4 is 5.32 Å². The molecule has 0 bridgehead atoms. The van der Waals surface area contributed by atoms with Gasteiger partial charge in [-0.3, -0.25) is 4.79 Å². The van der Waals surface area contributed by atoms with E-state index in [1.165, 1.54) is 5.41 Å². The van der Waals surface area contributed by atoms with Gasteiger partial charge in [-0.1, -0.05) is 48.5 Å². The van der Waals surface area contributed by atoms with Gasteiger partial charge >= 0.3 is 0 Å². The average Bonchev–Trinajstić information content (AvgIpc) is 2.87. The molecule has 23 heavy (non-hydrogen) atoms. The standard InChI is InChI=1S/C18H17NO3S/c20-18(12-14-10-11-23(21,22)13-14)19-17-8-6-16(7-9-17)15-4-2-1-3-5-15/h1-11,14H,12-13H2,(H,19,20)/t14-/m0/s1. The summed E-state index contributed by atoms with van der Waals surface area (Å²) in [5, 5.41) is 4.00. The third kappa shape index (κ3) is 4.07. The van der Waals surface area contributed by atoms with Gasteiger partial charge < -0.3 is 5.32 Å². The predicted molar refractivity (Wildman–Crippen MR) is 91.5 cm³/mol. The Morgan fingerprint density at radius 2 is 1.65 bits per heavy atom. The van der Waals surface area contributed by atoms with E-state index in [1.807, 2.05) is 54.6 Å². The van der Waals surface area contributed by atoms with Crippen LogP contribution in [0, 0.1) is 5.92 Å². The highest BCUT2D eigenvalue weighted by Crippen LogP contribution is 2.22. The Morgan fingerprint density at radius 1 is 1.00 bits per heavy atom. The molecule has 0 saturated carbocycles. The monoisotopic (exact) mass is 327 g/mol. The molecule has 0 fully saturated rings. The fourth-order valence-electron chi connectivity index (χ4n) is 2.59. The van der Waals surface area contributed by atoms with E-state index in [0.29, 0.717) is 5.69 Å². The second-order valence-corrected chi connectivity index (χ2v) is 7.55. The van der Waals surface area contributed by atoms with E-state index in [0.717, 1.165) is 11.1 Å². The molecule has 118 valence electrons. The minimum absolute atomic E-state index is 0.0212. The van der Waals surface area contributed by atoms with Crippen LogP contribution in [0.15, 0.2) is 66.1 Å². The molecule has 1 N–H and O–H groups in total. The number of nitrogens with one attached hydrogen (secondary N) is 1. The quantitative estimate of drug-likeness (QED) is 0.937. The summed E-state index contributed by atoms with van der Waals surface area (Å²) in [6, 6.07) is 17.6. The van der Waals surface area contributed by atoms with E-state index < -0.39 is 9.84 Å². The van der Waals surface area contributed by atoms with Gasteiger partial charge in [0.25, 0.3) is 0 Å². The Balaban J connectivity index is 1.60. The summed E-state index contributed by atoms with van der Waals surface area (Å²) in [5.74, 6) is -0.388. The molecule has 5 heteroatoms. The molecule has 3 rings (SSSR count). The van der Waals surface area contributed by atoms with Crippen LogP contribution in [-0.2, 0) is 14.6 Å². The van der Waals surface area contributed by atoms with Crippen molar-refractivity contribution < 1.29 is 13.2 Å². The van der Waals surface area contributed by atoms with E-state index in [1.54, 1.807) is 6.08 Å². The van der Waals surface area contributed by atoms with Crippen molar-refractivity contribution in [2.24, 2.45) is 5.92 Å². The Hall–Kier alpha value is -2.40. The fourth-order valence-corrected chi connectivity index (χ4v) is 3.99. The van der Waals surface area contributed by atoms with E-state index in [9.17, 15) is 13.2 Å². The van der Waals surface area contributed by atoms with Gasteiger partial charge in [-0.2, -0.15) is 0 Å². The minimum Gasteiger partial charge on any atom is -0.326 e. The number of hydrogen-bond donors (Lipinski definition) is 1. The maximum absolute atomic E-state index is 12.0.